The molecule has 3 nitrogen and oxygen atoms in total. The van der Waals surface area contributed by atoms with Crippen LogP contribution in [-0.2, 0) is 0 Å². The second kappa shape index (κ2) is 8.16. The number of hydrogen-bond donors (Lipinski definition) is 1. The maximum atomic E-state index is 5.70. The van der Waals surface area contributed by atoms with Gasteiger partial charge in [0.15, 0.2) is 0 Å². The minimum atomic E-state index is 0.192. The van der Waals surface area contributed by atoms with Gasteiger partial charge in [-0.15, -0.1) is 0 Å². The molecule has 19 heavy (non-hydrogen) atoms. The standard InChI is InChI=1S/C16H28N2O/c1-6-7-18-14(5)8-13(4)15-9-16(11-17-10-15)19-12(2)3/h9-14,18H,6-8H2,1-5H3. The third-order valence-corrected chi connectivity index (χ3v) is 3.13. The van der Waals surface area contributed by atoms with Crippen LogP contribution in [0.1, 0.15) is 58.9 Å². The van der Waals surface area contributed by atoms with Crippen molar-refractivity contribution in [3.05, 3.63) is 24.0 Å². The number of ether oxygens (including phenoxy) is 1. The van der Waals surface area contributed by atoms with Gasteiger partial charge < -0.3 is 10.1 Å². The fourth-order valence-electron chi connectivity index (χ4n) is 2.18. The van der Waals surface area contributed by atoms with Crippen LogP contribution in [0.2, 0.25) is 0 Å². The number of pyridine rings is 1. The maximum Gasteiger partial charge on any atom is 0.138 e. The topological polar surface area (TPSA) is 34.2 Å². The molecule has 0 aromatic carbocycles. The summed E-state index contributed by atoms with van der Waals surface area (Å²) in [6, 6.07) is 2.65. The Morgan fingerprint density at radius 2 is 1.95 bits per heavy atom. The summed E-state index contributed by atoms with van der Waals surface area (Å²) in [5, 5.41) is 3.53. The molecule has 0 radical (unpaired) electrons. The van der Waals surface area contributed by atoms with Crippen LogP contribution in [0.3, 0.4) is 0 Å². The van der Waals surface area contributed by atoms with Crippen LogP contribution < -0.4 is 10.1 Å². The number of rotatable bonds is 8. The van der Waals surface area contributed by atoms with Crippen molar-refractivity contribution in [1.82, 2.24) is 10.3 Å². The third-order valence-electron chi connectivity index (χ3n) is 3.13. The lowest BCUT2D eigenvalue weighted by molar-refractivity contribution is 0.241. The fourth-order valence-corrected chi connectivity index (χ4v) is 2.18. The first-order chi connectivity index (χ1) is 9.02. The van der Waals surface area contributed by atoms with E-state index in [2.05, 4.69) is 37.1 Å². The molecule has 0 aliphatic rings. The van der Waals surface area contributed by atoms with Gasteiger partial charge in [0.05, 0.1) is 12.3 Å². The molecule has 2 unspecified atom stereocenters. The van der Waals surface area contributed by atoms with Gasteiger partial charge in [0, 0.05) is 12.2 Å². The highest BCUT2D eigenvalue weighted by Crippen LogP contribution is 2.23. The Kier molecular flexibility index (Phi) is 6.85. The average molecular weight is 264 g/mol. The van der Waals surface area contributed by atoms with Crippen molar-refractivity contribution in [3.63, 3.8) is 0 Å². The first-order valence-electron chi connectivity index (χ1n) is 7.37. The number of nitrogens with zero attached hydrogens (tertiary/aromatic N) is 1. The molecule has 1 aromatic heterocycles. The van der Waals surface area contributed by atoms with Gasteiger partial charge in [0.2, 0.25) is 0 Å². The minimum Gasteiger partial charge on any atom is -0.489 e. The molecule has 0 saturated carbocycles. The molecule has 0 amide bonds. The van der Waals surface area contributed by atoms with Crippen LogP contribution >= 0.6 is 0 Å². The predicted octanol–water partition coefficient (Wildman–Crippen LogP) is 3.75. The lowest BCUT2D eigenvalue weighted by atomic mass is 9.95. The second-order valence-corrected chi connectivity index (χ2v) is 5.61. The highest BCUT2D eigenvalue weighted by molar-refractivity contribution is 5.26. The molecule has 1 rings (SSSR count). The number of aromatic nitrogens is 1. The molecule has 0 aliphatic heterocycles. The van der Waals surface area contributed by atoms with Crippen molar-refractivity contribution in [3.8, 4) is 5.75 Å². The normalized spacial score (nSPS) is 14.4. The zero-order valence-corrected chi connectivity index (χ0v) is 12.9. The summed E-state index contributed by atoms with van der Waals surface area (Å²) in [4.78, 5) is 4.28. The molecule has 3 heteroatoms. The highest BCUT2D eigenvalue weighted by atomic mass is 16.5. The molecule has 0 bridgehead atoms. The van der Waals surface area contributed by atoms with Crippen molar-refractivity contribution in [1.29, 1.82) is 0 Å². The van der Waals surface area contributed by atoms with E-state index in [1.54, 1.807) is 6.20 Å². The third kappa shape index (κ3) is 6.06. The molecule has 1 N–H and O–H groups in total. The minimum absolute atomic E-state index is 0.192. The molecule has 0 aliphatic carbocycles. The summed E-state index contributed by atoms with van der Waals surface area (Å²) in [5.41, 5.74) is 1.25. The molecular formula is C16H28N2O. The summed E-state index contributed by atoms with van der Waals surface area (Å²) < 4.78 is 5.70. The summed E-state index contributed by atoms with van der Waals surface area (Å²) in [7, 11) is 0. The summed E-state index contributed by atoms with van der Waals surface area (Å²) in [6.45, 7) is 11.8. The van der Waals surface area contributed by atoms with Crippen LogP contribution in [0.4, 0.5) is 0 Å². The van der Waals surface area contributed by atoms with Gasteiger partial charge in [-0.3, -0.25) is 4.98 Å². The maximum absolute atomic E-state index is 5.70. The van der Waals surface area contributed by atoms with E-state index >= 15 is 0 Å². The molecule has 0 spiro atoms. The molecule has 0 saturated heterocycles. The first kappa shape index (κ1) is 16.0. The van der Waals surface area contributed by atoms with Crippen LogP contribution in [-0.4, -0.2) is 23.7 Å². The van der Waals surface area contributed by atoms with Gasteiger partial charge in [0.1, 0.15) is 5.75 Å². The predicted molar refractivity (Wildman–Crippen MR) is 80.8 cm³/mol. The molecule has 1 heterocycles. The molecule has 2 atom stereocenters. The van der Waals surface area contributed by atoms with Gasteiger partial charge in [0.25, 0.3) is 0 Å². The first-order valence-corrected chi connectivity index (χ1v) is 7.37. The highest BCUT2D eigenvalue weighted by Gasteiger charge is 2.11. The second-order valence-electron chi connectivity index (χ2n) is 5.61. The average Bonchev–Trinajstić information content (AvgIpc) is 2.35. The van der Waals surface area contributed by atoms with E-state index in [4.69, 9.17) is 4.74 Å². The van der Waals surface area contributed by atoms with Crippen molar-refractivity contribution < 1.29 is 4.74 Å². The molecule has 108 valence electrons. The van der Waals surface area contributed by atoms with E-state index in [0.29, 0.717) is 12.0 Å². The number of nitrogens with one attached hydrogen (secondary N) is 1. The van der Waals surface area contributed by atoms with E-state index in [1.807, 2.05) is 20.0 Å². The SMILES string of the molecule is CCCNC(C)CC(C)c1cncc(OC(C)C)c1. The van der Waals surface area contributed by atoms with E-state index < -0.39 is 0 Å². The van der Waals surface area contributed by atoms with Gasteiger partial charge in [-0.25, -0.2) is 0 Å². The molecule has 0 fully saturated rings. The van der Waals surface area contributed by atoms with E-state index in [0.717, 1.165) is 18.7 Å². The van der Waals surface area contributed by atoms with Gasteiger partial charge in [-0.2, -0.15) is 0 Å². The van der Waals surface area contributed by atoms with Crippen LogP contribution in [0.25, 0.3) is 0 Å². The lowest BCUT2D eigenvalue weighted by Crippen LogP contribution is -2.28. The van der Waals surface area contributed by atoms with Crippen molar-refractivity contribution in [2.24, 2.45) is 0 Å². The van der Waals surface area contributed by atoms with E-state index in [-0.39, 0.29) is 6.10 Å². The van der Waals surface area contributed by atoms with E-state index in [1.165, 1.54) is 12.0 Å². The van der Waals surface area contributed by atoms with Crippen LogP contribution in [0.5, 0.6) is 5.75 Å². The Morgan fingerprint density at radius 1 is 1.21 bits per heavy atom. The smallest absolute Gasteiger partial charge is 0.138 e. The van der Waals surface area contributed by atoms with E-state index in [9.17, 15) is 0 Å². The summed E-state index contributed by atoms with van der Waals surface area (Å²) in [6.07, 6.45) is 6.22. The van der Waals surface area contributed by atoms with Crippen LogP contribution in [0.15, 0.2) is 18.5 Å². The molecule has 1 aromatic rings. The summed E-state index contributed by atoms with van der Waals surface area (Å²) in [5.74, 6) is 1.36. The monoisotopic (exact) mass is 264 g/mol. The van der Waals surface area contributed by atoms with Gasteiger partial charge >= 0.3 is 0 Å². The van der Waals surface area contributed by atoms with Crippen molar-refractivity contribution in [2.75, 3.05) is 6.54 Å². The Bertz CT molecular complexity index is 366. The number of hydrogen-bond acceptors (Lipinski definition) is 3. The molecular weight excluding hydrogens is 236 g/mol. The Balaban J connectivity index is 2.58. The quantitative estimate of drug-likeness (QED) is 0.776. The Labute approximate surface area is 117 Å². The van der Waals surface area contributed by atoms with Gasteiger partial charge in [-0.05, 0) is 57.7 Å². The zero-order chi connectivity index (χ0) is 14.3. The van der Waals surface area contributed by atoms with Gasteiger partial charge in [-0.1, -0.05) is 13.8 Å². The van der Waals surface area contributed by atoms with Crippen molar-refractivity contribution >= 4 is 0 Å². The largest absolute Gasteiger partial charge is 0.489 e. The summed E-state index contributed by atoms with van der Waals surface area (Å²) >= 11 is 0. The Morgan fingerprint density at radius 3 is 2.58 bits per heavy atom. The zero-order valence-electron chi connectivity index (χ0n) is 12.9. The fraction of sp³-hybridized carbons (Fsp3) is 0.688. The van der Waals surface area contributed by atoms with Crippen molar-refractivity contribution in [2.45, 2.75) is 65.5 Å². The van der Waals surface area contributed by atoms with Crippen LogP contribution in [0, 0.1) is 0 Å². The Hall–Kier alpha value is -1.09. The lowest BCUT2D eigenvalue weighted by Gasteiger charge is -2.19.